The Morgan fingerprint density at radius 2 is 1.73 bits per heavy atom. The fraction of sp³-hybridized carbons (Fsp3) is 0.348. The molecule has 1 aromatic heterocycles. The molecule has 2 aromatic carbocycles. The summed E-state index contributed by atoms with van der Waals surface area (Å²) in [5.74, 6) is 1.40. The lowest BCUT2D eigenvalue weighted by atomic mass is 10.3. The molecule has 2 amide bonds. The van der Waals surface area contributed by atoms with Gasteiger partial charge in [-0.1, -0.05) is 30.3 Å². The molecule has 0 aliphatic carbocycles. The van der Waals surface area contributed by atoms with Crippen molar-refractivity contribution in [2.24, 2.45) is 0 Å². The van der Waals surface area contributed by atoms with Crippen molar-refractivity contribution >= 4 is 22.8 Å². The maximum absolute atomic E-state index is 12.7. The number of imidazole rings is 1. The summed E-state index contributed by atoms with van der Waals surface area (Å²) in [7, 11) is 0. The molecule has 2 heterocycles. The van der Waals surface area contributed by atoms with Gasteiger partial charge in [-0.05, 0) is 37.1 Å². The Hall–Kier alpha value is -3.35. The van der Waals surface area contributed by atoms with Gasteiger partial charge in [0.25, 0.3) is 5.91 Å². The molecule has 1 aliphatic rings. The largest absolute Gasteiger partial charge is 0.484 e. The minimum atomic E-state index is -0.186. The number of fused-ring (bicyclic) bond motifs is 1. The first-order valence-electron chi connectivity index (χ1n) is 10.4. The van der Waals surface area contributed by atoms with Crippen LogP contribution in [0, 0.1) is 0 Å². The number of nitrogens with one attached hydrogen (secondary N) is 1. The zero-order valence-corrected chi connectivity index (χ0v) is 16.9. The van der Waals surface area contributed by atoms with E-state index in [-0.39, 0.29) is 25.0 Å². The van der Waals surface area contributed by atoms with E-state index in [1.807, 2.05) is 64.1 Å². The molecule has 1 fully saturated rings. The molecule has 0 bridgehead atoms. The molecular formula is C23H26N4O3. The van der Waals surface area contributed by atoms with E-state index in [4.69, 9.17) is 9.72 Å². The number of nitrogens with zero attached hydrogens (tertiary/aromatic N) is 3. The van der Waals surface area contributed by atoms with E-state index < -0.39 is 0 Å². The summed E-state index contributed by atoms with van der Waals surface area (Å²) in [5, 5.41) is 2.87. The Morgan fingerprint density at radius 1 is 1.00 bits per heavy atom. The van der Waals surface area contributed by atoms with E-state index >= 15 is 0 Å². The van der Waals surface area contributed by atoms with Crippen LogP contribution in [0.15, 0.2) is 54.6 Å². The number of amides is 2. The Morgan fingerprint density at radius 3 is 2.53 bits per heavy atom. The molecule has 1 aliphatic heterocycles. The highest BCUT2D eigenvalue weighted by Crippen LogP contribution is 2.18. The second-order valence-electron chi connectivity index (χ2n) is 7.39. The Balaban J connectivity index is 1.37. The van der Waals surface area contributed by atoms with Crippen molar-refractivity contribution in [2.75, 3.05) is 26.2 Å². The number of ether oxygens (including phenoxy) is 1. The number of para-hydroxylation sites is 3. The van der Waals surface area contributed by atoms with E-state index in [0.29, 0.717) is 18.7 Å². The topological polar surface area (TPSA) is 76.5 Å². The zero-order valence-electron chi connectivity index (χ0n) is 16.9. The SMILES string of the molecule is O=C(COc1ccccc1)NCCc1nc2ccccc2n1CC(=O)N1CCCC1. The van der Waals surface area contributed by atoms with Gasteiger partial charge in [-0.15, -0.1) is 0 Å². The molecule has 7 nitrogen and oxygen atoms in total. The van der Waals surface area contributed by atoms with Gasteiger partial charge in [0.1, 0.15) is 18.1 Å². The van der Waals surface area contributed by atoms with Crippen molar-refractivity contribution < 1.29 is 14.3 Å². The summed E-state index contributed by atoms with van der Waals surface area (Å²) < 4.78 is 7.44. The molecule has 1 saturated heterocycles. The van der Waals surface area contributed by atoms with Crippen LogP contribution in [0.25, 0.3) is 11.0 Å². The van der Waals surface area contributed by atoms with E-state index in [1.165, 1.54) is 0 Å². The number of aromatic nitrogens is 2. The summed E-state index contributed by atoms with van der Waals surface area (Å²) >= 11 is 0. The van der Waals surface area contributed by atoms with Crippen molar-refractivity contribution in [3.05, 3.63) is 60.4 Å². The lowest BCUT2D eigenvalue weighted by molar-refractivity contribution is -0.130. The first kappa shape index (κ1) is 19.9. The van der Waals surface area contributed by atoms with Gasteiger partial charge in [-0.25, -0.2) is 4.98 Å². The molecule has 30 heavy (non-hydrogen) atoms. The average molecular weight is 406 g/mol. The fourth-order valence-electron chi connectivity index (χ4n) is 3.72. The number of hydrogen-bond acceptors (Lipinski definition) is 4. The Labute approximate surface area is 175 Å². The van der Waals surface area contributed by atoms with Crippen LogP contribution in [0.2, 0.25) is 0 Å². The third-order valence-electron chi connectivity index (χ3n) is 5.27. The summed E-state index contributed by atoms with van der Waals surface area (Å²) in [6.45, 7) is 2.34. The molecular weight excluding hydrogens is 380 g/mol. The van der Waals surface area contributed by atoms with Gasteiger partial charge in [0, 0.05) is 26.1 Å². The van der Waals surface area contributed by atoms with Gasteiger partial charge in [-0.3, -0.25) is 9.59 Å². The molecule has 3 aromatic rings. The minimum Gasteiger partial charge on any atom is -0.484 e. The number of hydrogen-bond donors (Lipinski definition) is 1. The van der Waals surface area contributed by atoms with Crippen LogP contribution in [-0.4, -0.2) is 52.5 Å². The quantitative estimate of drug-likeness (QED) is 0.623. The number of likely N-dealkylation sites (tertiary alicyclic amines) is 1. The van der Waals surface area contributed by atoms with Crippen LogP contribution in [0.5, 0.6) is 5.75 Å². The Kier molecular flexibility index (Phi) is 6.27. The molecule has 0 saturated carbocycles. The van der Waals surface area contributed by atoms with Crippen LogP contribution in [0.3, 0.4) is 0 Å². The van der Waals surface area contributed by atoms with Gasteiger partial charge >= 0.3 is 0 Å². The third-order valence-corrected chi connectivity index (χ3v) is 5.27. The van der Waals surface area contributed by atoms with Gasteiger partial charge in [0.15, 0.2) is 6.61 Å². The van der Waals surface area contributed by atoms with Crippen LogP contribution in [0.4, 0.5) is 0 Å². The monoisotopic (exact) mass is 406 g/mol. The maximum Gasteiger partial charge on any atom is 0.257 e. The number of carbonyl (C=O) groups is 2. The van der Waals surface area contributed by atoms with Gasteiger partial charge < -0.3 is 19.5 Å². The summed E-state index contributed by atoms with van der Waals surface area (Å²) in [6, 6.07) is 17.1. The van der Waals surface area contributed by atoms with Gasteiger partial charge in [0.05, 0.1) is 11.0 Å². The molecule has 0 atom stereocenters. The standard InChI is InChI=1S/C23H26N4O3/c28-22(17-30-18-8-2-1-3-9-18)24-13-12-21-25-19-10-4-5-11-20(19)27(21)16-23(29)26-14-6-7-15-26/h1-5,8-11H,6-7,12-17H2,(H,24,28). The third kappa shape index (κ3) is 4.79. The summed E-state index contributed by atoms with van der Waals surface area (Å²) in [4.78, 5) is 31.4. The van der Waals surface area contributed by atoms with E-state index in [2.05, 4.69) is 5.32 Å². The van der Waals surface area contributed by atoms with Crippen molar-refractivity contribution in [3.63, 3.8) is 0 Å². The first-order valence-corrected chi connectivity index (χ1v) is 10.4. The second-order valence-corrected chi connectivity index (χ2v) is 7.39. The molecule has 0 unspecified atom stereocenters. The van der Waals surface area contributed by atoms with Crippen molar-refractivity contribution in [3.8, 4) is 5.75 Å². The molecule has 156 valence electrons. The van der Waals surface area contributed by atoms with E-state index in [9.17, 15) is 9.59 Å². The highest BCUT2D eigenvalue weighted by Gasteiger charge is 2.20. The predicted molar refractivity (Wildman–Crippen MR) is 114 cm³/mol. The molecule has 0 radical (unpaired) electrons. The van der Waals surface area contributed by atoms with Crippen LogP contribution >= 0.6 is 0 Å². The molecule has 1 N–H and O–H groups in total. The second kappa shape index (κ2) is 9.43. The summed E-state index contributed by atoms with van der Waals surface area (Å²) in [5.41, 5.74) is 1.80. The van der Waals surface area contributed by atoms with Crippen molar-refractivity contribution in [1.82, 2.24) is 19.8 Å². The van der Waals surface area contributed by atoms with Gasteiger partial charge in [-0.2, -0.15) is 0 Å². The first-order chi connectivity index (χ1) is 14.7. The maximum atomic E-state index is 12.7. The number of benzene rings is 2. The normalized spacial score (nSPS) is 13.5. The van der Waals surface area contributed by atoms with Crippen molar-refractivity contribution in [2.45, 2.75) is 25.8 Å². The van der Waals surface area contributed by atoms with Crippen LogP contribution < -0.4 is 10.1 Å². The van der Waals surface area contributed by atoms with Crippen LogP contribution in [0.1, 0.15) is 18.7 Å². The fourth-order valence-corrected chi connectivity index (χ4v) is 3.72. The van der Waals surface area contributed by atoms with Crippen molar-refractivity contribution in [1.29, 1.82) is 0 Å². The molecule has 4 rings (SSSR count). The highest BCUT2D eigenvalue weighted by molar-refractivity contribution is 5.81. The molecule has 0 spiro atoms. The lowest BCUT2D eigenvalue weighted by Gasteiger charge is -2.17. The zero-order chi connectivity index (χ0) is 20.8. The predicted octanol–water partition coefficient (Wildman–Crippen LogP) is 2.40. The van der Waals surface area contributed by atoms with E-state index in [1.54, 1.807) is 0 Å². The minimum absolute atomic E-state index is 0.0339. The van der Waals surface area contributed by atoms with Gasteiger partial charge in [0.2, 0.25) is 5.91 Å². The number of rotatable bonds is 8. The average Bonchev–Trinajstić information content (AvgIpc) is 3.42. The Bertz CT molecular complexity index is 1010. The smallest absolute Gasteiger partial charge is 0.257 e. The lowest BCUT2D eigenvalue weighted by Crippen LogP contribution is -2.33. The molecule has 7 heteroatoms. The van der Waals surface area contributed by atoms with Crippen LogP contribution in [-0.2, 0) is 22.6 Å². The highest BCUT2D eigenvalue weighted by atomic mass is 16.5. The van der Waals surface area contributed by atoms with E-state index in [0.717, 1.165) is 42.8 Å². The summed E-state index contributed by atoms with van der Waals surface area (Å²) in [6.07, 6.45) is 2.68. The number of carbonyl (C=O) groups excluding carboxylic acids is 2.